The van der Waals surface area contributed by atoms with Gasteiger partial charge in [-0.05, 0) is 23.8 Å². The van der Waals surface area contributed by atoms with E-state index in [0.29, 0.717) is 10.7 Å². The fourth-order valence-electron chi connectivity index (χ4n) is 1.58. The Labute approximate surface area is 110 Å². The normalized spacial score (nSPS) is 10.1. The van der Waals surface area contributed by atoms with Gasteiger partial charge in [0.2, 0.25) is 5.91 Å². The van der Waals surface area contributed by atoms with E-state index < -0.39 is 0 Å². The number of phenols is 1. The number of amides is 1. The number of halogens is 1. The third-order valence-electron chi connectivity index (χ3n) is 2.44. The topological polar surface area (TPSA) is 49.3 Å². The number of benzene rings is 2. The van der Waals surface area contributed by atoms with Crippen LogP contribution in [0.15, 0.2) is 48.5 Å². The third kappa shape index (κ3) is 3.25. The maximum absolute atomic E-state index is 11.8. The van der Waals surface area contributed by atoms with Crippen molar-refractivity contribution in [3.8, 4) is 5.75 Å². The van der Waals surface area contributed by atoms with Gasteiger partial charge in [-0.15, -0.1) is 0 Å². The molecule has 0 spiro atoms. The zero-order valence-corrected chi connectivity index (χ0v) is 10.3. The van der Waals surface area contributed by atoms with Crippen molar-refractivity contribution in [1.82, 2.24) is 0 Å². The van der Waals surface area contributed by atoms with E-state index in [9.17, 15) is 9.90 Å². The van der Waals surface area contributed by atoms with Crippen molar-refractivity contribution < 1.29 is 9.90 Å². The Morgan fingerprint density at radius 3 is 2.61 bits per heavy atom. The van der Waals surface area contributed by atoms with E-state index in [1.165, 1.54) is 12.1 Å². The summed E-state index contributed by atoms with van der Waals surface area (Å²) in [5.74, 6) is -0.195. The third-order valence-corrected chi connectivity index (χ3v) is 2.68. The second kappa shape index (κ2) is 5.56. The molecule has 2 rings (SSSR count). The summed E-state index contributed by atoms with van der Waals surface area (Å²) in [4.78, 5) is 11.8. The van der Waals surface area contributed by atoms with Gasteiger partial charge in [-0.1, -0.05) is 41.9 Å². The number of phenolic OH excluding ortho intramolecular Hbond substituents is 1. The van der Waals surface area contributed by atoms with Crippen LogP contribution in [0.2, 0.25) is 5.02 Å². The van der Waals surface area contributed by atoms with Crippen molar-refractivity contribution in [1.29, 1.82) is 0 Å². The van der Waals surface area contributed by atoms with Crippen LogP contribution >= 0.6 is 11.6 Å². The van der Waals surface area contributed by atoms with Crippen LogP contribution in [0.4, 0.5) is 5.69 Å². The minimum atomic E-state index is -0.196. The molecule has 92 valence electrons. The Hall–Kier alpha value is -2.00. The lowest BCUT2D eigenvalue weighted by Crippen LogP contribution is -2.14. The second-order valence-electron chi connectivity index (χ2n) is 3.87. The molecule has 0 fully saturated rings. The van der Waals surface area contributed by atoms with E-state index in [1.54, 1.807) is 6.07 Å². The molecule has 0 aliphatic carbocycles. The highest BCUT2D eigenvalue weighted by Crippen LogP contribution is 2.26. The molecule has 0 aliphatic rings. The summed E-state index contributed by atoms with van der Waals surface area (Å²) < 4.78 is 0. The predicted octanol–water partition coefficient (Wildman–Crippen LogP) is 3.23. The molecule has 2 aromatic rings. The quantitative estimate of drug-likeness (QED) is 0.834. The lowest BCUT2D eigenvalue weighted by atomic mass is 10.1. The summed E-state index contributed by atoms with van der Waals surface area (Å²) in [6.07, 6.45) is 0.257. The average Bonchev–Trinajstić information content (AvgIpc) is 2.35. The van der Waals surface area contributed by atoms with Crippen molar-refractivity contribution in [2.75, 3.05) is 5.32 Å². The van der Waals surface area contributed by atoms with Crippen LogP contribution < -0.4 is 5.32 Å². The number of nitrogens with one attached hydrogen (secondary N) is 1. The molecule has 0 saturated carbocycles. The van der Waals surface area contributed by atoms with Crippen LogP contribution in [0.1, 0.15) is 5.56 Å². The maximum atomic E-state index is 11.8. The van der Waals surface area contributed by atoms with E-state index in [2.05, 4.69) is 5.32 Å². The number of hydrogen-bond acceptors (Lipinski definition) is 2. The largest absolute Gasteiger partial charge is 0.506 e. The van der Waals surface area contributed by atoms with Gasteiger partial charge in [0.25, 0.3) is 0 Å². The van der Waals surface area contributed by atoms with E-state index in [-0.39, 0.29) is 18.1 Å². The van der Waals surface area contributed by atoms with Gasteiger partial charge in [-0.2, -0.15) is 0 Å². The molecule has 18 heavy (non-hydrogen) atoms. The van der Waals surface area contributed by atoms with Crippen LogP contribution in [0.3, 0.4) is 0 Å². The molecule has 0 unspecified atom stereocenters. The van der Waals surface area contributed by atoms with Gasteiger partial charge < -0.3 is 10.4 Å². The smallest absolute Gasteiger partial charge is 0.228 e. The zero-order chi connectivity index (χ0) is 13.0. The highest BCUT2D eigenvalue weighted by atomic mass is 35.5. The number of hydrogen-bond donors (Lipinski definition) is 2. The van der Waals surface area contributed by atoms with Crippen LogP contribution in [0, 0.1) is 0 Å². The zero-order valence-electron chi connectivity index (χ0n) is 9.56. The summed E-state index contributed by atoms with van der Waals surface area (Å²) >= 11 is 5.80. The van der Waals surface area contributed by atoms with E-state index in [4.69, 9.17) is 11.6 Å². The molecule has 1 amide bonds. The van der Waals surface area contributed by atoms with Gasteiger partial charge in [0.05, 0.1) is 12.1 Å². The summed E-state index contributed by atoms with van der Waals surface area (Å²) in [5.41, 5.74) is 1.24. The van der Waals surface area contributed by atoms with Crippen molar-refractivity contribution >= 4 is 23.2 Å². The molecule has 4 heteroatoms. The first-order chi connectivity index (χ1) is 8.65. The molecule has 0 aliphatic heterocycles. The van der Waals surface area contributed by atoms with Crippen molar-refractivity contribution in [2.45, 2.75) is 6.42 Å². The molecule has 0 heterocycles. The van der Waals surface area contributed by atoms with Crippen molar-refractivity contribution in [3.63, 3.8) is 0 Å². The molecular weight excluding hydrogens is 250 g/mol. The summed E-state index contributed by atoms with van der Waals surface area (Å²) in [6, 6.07) is 13.9. The Morgan fingerprint density at radius 2 is 1.89 bits per heavy atom. The monoisotopic (exact) mass is 261 g/mol. The first kappa shape index (κ1) is 12.5. The first-order valence-corrected chi connectivity index (χ1v) is 5.85. The minimum Gasteiger partial charge on any atom is -0.506 e. The SMILES string of the molecule is O=C(Cc1ccccc1)Nc1cc(Cl)ccc1O. The fraction of sp³-hybridized carbons (Fsp3) is 0.0714. The highest BCUT2D eigenvalue weighted by molar-refractivity contribution is 6.31. The Kier molecular flexibility index (Phi) is 3.85. The number of rotatable bonds is 3. The average molecular weight is 262 g/mol. The molecule has 0 bridgehead atoms. The molecule has 3 nitrogen and oxygen atoms in total. The van der Waals surface area contributed by atoms with Gasteiger partial charge in [0.1, 0.15) is 5.75 Å². The Morgan fingerprint density at radius 1 is 1.17 bits per heavy atom. The molecule has 2 N–H and O–H groups in total. The van der Waals surface area contributed by atoms with Crippen molar-refractivity contribution in [2.24, 2.45) is 0 Å². The number of carbonyl (C=O) groups is 1. The van der Waals surface area contributed by atoms with Crippen LogP contribution in [0.25, 0.3) is 0 Å². The summed E-state index contributed by atoms with van der Waals surface area (Å²) in [5, 5.41) is 12.7. The number of anilines is 1. The van der Waals surface area contributed by atoms with Crippen LogP contribution in [0.5, 0.6) is 5.75 Å². The molecule has 0 aromatic heterocycles. The van der Waals surface area contributed by atoms with E-state index in [1.807, 2.05) is 30.3 Å². The van der Waals surface area contributed by atoms with E-state index in [0.717, 1.165) is 5.56 Å². The van der Waals surface area contributed by atoms with E-state index >= 15 is 0 Å². The predicted molar refractivity (Wildman–Crippen MR) is 71.9 cm³/mol. The Bertz CT molecular complexity index is 555. The lowest BCUT2D eigenvalue weighted by Gasteiger charge is -2.07. The first-order valence-electron chi connectivity index (χ1n) is 5.47. The van der Waals surface area contributed by atoms with Crippen LogP contribution in [-0.4, -0.2) is 11.0 Å². The fourth-order valence-corrected chi connectivity index (χ4v) is 1.76. The summed E-state index contributed by atoms with van der Waals surface area (Å²) in [7, 11) is 0. The molecule has 2 aromatic carbocycles. The summed E-state index contributed by atoms with van der Waals surface area (Å²) in [6.45, 7) is 0. The lowest BCUT2D eigenvalue weighted by molar-refractivity contribution is -0.115. The van der Waals surface area contributed by atoms with Gasteiger partial charge in [0, 0.05) is 5.02 Å². The molecule has 0 atom stereocenters. The number of carbonyl (C=O) groups excluding carboxylic acids is 1. The van der Waals surface area contributed by atoms with Gasteiger partial charge in [0.15, 0.2) is 0 Å². The highest BCUT2D eigenvalue weighted by Gasteiger charge is 2.07. The molecular formula is C14H12ClNO2. The second-order valence-corrected chi connectivity index (χ2v) is 4.31. The Balaban J connectivity index is 2.05. The maximum Gasteiger partial charge on any atom is 0.228 e. The van der Waals surface area contributed by atoms with Gasteiger partial charge in [-0.25, -0.2) is 0 Å². The minimum absolute atomic E-state index is 0.000752. The number of aromatic hydroxyl groups is 1. The van der Waals surface area contributed by atoms with Crippen LogP contribution in [-0.2, 0) is 11.2 Å². The standard InChI is InChI=1S/C14H12ClNO2/c15-11-6-7-13(17)12(9-11)16-14(18)8-10-4-2-1-3-5-10/h1-7,9,17H,8H2,(H,16,18). The van der Waals surface area contributed by atoms with Gasteiger partial charge >= 0.3 is 0 Å². The van der Waals surface area contributed by atoms with Gasteiger partial charge in [-0.3, -0.25) is 4.79 Å². The molecule has 0 radical (unpaired) electrons. The van der Waals surface area contributed by atoms with Crippen molar-refractivity contribution in [3.05, 3.63) is 59.1 Å². The molecule has 0 saturated heterocycles.